The Morgan fingerprint density at radius 1 is 1.03 bits per heavy atom. The van der Waals surface area contributed by atoms with Crippen LogP contribution in [-0.2, 0) is 22.3 Å². The van der Waals surface area contributed by atoms with Crippen molar-refractivity contribution in [1.29, 1.82) is 0 Å². The molecule has 0 unspecified atom stereocenters. The van der Waals surface area contributed by atoms with Crippen molar-refractivity contribution in [2.24, 2.45) is 0 Å². The van der Waals surface area contributed by atoms with Gasteiger partial charge in [0, 0.05) is 13.6 Å². The predicted molar refractivity (Wildman–Crippen MR) is 112 cm³/mol. The van der Waals surface area contributed by atoms with Crippen molar-refractivity contribution in [2.45, 2.75) is 52.1 Å². The summed E-state index contributed by atoms with van der Waals surface area (Å²) in [5.74, 6) is -0.591. The molecule has 5 nitrogen and oxygen atoms in total. The van der Waals surface area contributed by atoms with E-state index in [0.717, 1.165) is 16.5 Å². The number of halogens is 3. The van der Waals surface area contributed by atoms with E-state index >= 15 is 0 Å². The van der Waals surface area contributed by atoms with E-state index in [1.54, 1.807) is 45.0 Å². The van der Waals surface area contributed by atoms with E-state index in [9.17, 15) is 22.8 Å². The Labute approximate surface area is 180 Å². The lowest BCUT2D eigenvalue weighted by Crippen LogP contribution is -2.47. The van der Waals surface area contributed by atoms with Crippen molar-refractivity contribution in [3.8, 4) is 11.1 Å². The fourth-order valence-corrected chi connectivity index (χ4v) is 2.82. The van der Waals surface area contributed by atoms with Crippen LogP contribution in [0.4, 0.5) is 18.0 Å². The van der Waals surface area contributed by atoms with Crippen molar-refractivity contribution in [2.75, 3.05) is 7.05 Å². The molecule has 31 heavy (non-hydrogen) atoms. The van der Waals surface area contributed by atoms with E-state index in [1.165, 1.54) is 26.1 Å². The Balaban J connectivity index is 2.19. The van der Waals surface area contributed by atoms with Gasteiger partial charge >= 0.3 is 12.3 Å². The molecular weight excluding hydrogens is 409 g/mol. The minimum atomic E-state index is -4.56. The number of rotatable bonds is 5. The Kier molecular flexibility index (Phi) is 7.36. The van der Waals surface area contributed by atoms with Crippen LogP contribution < -0.4 is 5.32 Å². The van der Waals surface area contributed by atoms with E-state index in [2.05, 4.69) is 5.32 Å². The van der Waals surface area contributed by atoms with Gasteiger partial charge in [-0.25, -0.2) is 4.79 Å². The highest BCUT2D eigenvalue weighted by Crippen LogP contribution is 2.34. The van der Waals surface area contributed by atoms with Crippen LogP contribution in [0.2, 0.25) is 0 Å². The number of ether oxygens (including phenoxy) is 1. The SMILES string of the molecule is C[C@@H](C(=O)NCc1cc(-c2ccccc2)ccc1C(F)(F)F)N(C)C(=O)OC(C)(C)C. The number of carbonyl (C=O) groups excluding carboxylic acids is 2. The number of alkyl halides is 3. The molecule has 0 aliphatic heterocycles. The van der Waals surface area contributed by atoms with Crippen molar-refractivity contribution in [3.63, 3.8) is 0 Å². The van der Waals surface area contributed by atoms with E-state index < -0.39 is 35.4 Å². The zero-order valence-electron chi connectivity index (χ0n) is 18.2. The zero-order valence-corrected chi connectivity index (χ0v) is 18.2. The van der Waals surface area contributed by atoms with Gasteiger partial charge in [-0.2, -0.15) is 13.2 Å². The van der Waals surface area contributed by atoms with E-state index in [-0.39, 0.29) is 12.1 Å². The second kappa shape index (κ2) is 9.41. The molecule has 0 aromatic heterocycles. The molecule has 0 aliphatic carbocycles. The van der Waals surface area contributed by atoms with Crippen LogP contribution in [0.1, 0.15) is 38.8 Å². The van der Waals surface area contributed by atoms with Gasteiger partial charge in [0.25, 0.3) is 0 Å². The van der Waals surface area contributed by atoms with E-state index in [0.29, 0.717) is 5.56 Å². The number of amides is 2. The minimum Gasteiger partial charge on any atom is -0.444 e. The molecule has 0 bridgehead atoms. The van der Waals surface area contributed by atoms with Crippen LogP contribution in [0.3, 0.4) is 0 Å². The Hall–Kier alpha value is -3.03. The van der Waals surface area contributed by atoms with E-state index in [4.69, 9.17) is 4.74 Å². The molecule has 0 spiro atoms. The molecule has 1 atom stereocenters. The Morgan fingerprint density at radius 2 is 1.65 bits per heavy atom. The molecule has 168 valence electrons. The number of carbonyl (C=O) groups is 2. The maximum atomic E-state index is 13.5. The smallest absolute Gasteiger partial charge is 0.416 e. The number of nitrogens with one attached hydrogen (secondary N) is 1. The standard InChI is InChI=1S/C23H27F3N2O3/c1-15(28(5)21(30)31-22(2,3)4)20(29)27-14-18-13-17(16-9-7-6-8-10-16)11-12-19(18)23(24,25)26/h6-13,15H,14H2,1-5H3,(H,27,29)/t15-/m0/s1. The number of nitrogens with zero attached hydrogens (tertiary/aromatic N) is 1. The molecule has 0 aliphatic rings. The van der Waals surface area contributed by atoms with Crippen LogP contribution in [0.25, 0.3) is 11.1 Å². The first-order valence-corrected chi connectivity index (χ1v) is 9.78. The monoisotopic (exact) mass is 436 g/mol. The average molecular weight is 436 g/mol. The largest absolute Gasteiger partial charge is 0.444 e. The normalized spacial score (nSPS) is 12.8. The van der Waals surface area contributed by atoms with Crippen LogP contribution in [0, 0.1) is 0 Å². The molecule has 1 N–H and O–H groups in total. The number of benzene rings is 2. The first-order chi connectivity index (χ1) is 14.3. The van der Waals surface area contributed by atoms with E-state index in [1.807, 2.05) is 6.07 Å². The third kappa shape index (κ3) is 6.73. The average Bonchev–Trinajstić information content (AvgIpc) is 2.69. The molecular formula is C23H27F3N2O3. The third-order valence-corrected chi connectivity index (χ3v) is 4.61. The van der Waals surface area contributed by atoms with Gasteiger partial charge in [0.1, 0.15) is 11.6 Å². The maximum absolute atomic E-state index is 13.5. The van der Waals surface area contributed by atoms with Crippen LogP contribution in [-0.4, -0.2) is 35.6 Å². The van der Waals surface area contributed by atoms with Crippen LogP contribution in [0.5, 0.6) is 0 Å². The fraction of sp³-hybridized carbons (Fsp3) is 0.391. The maximum Gasteiger partial charge on any atom is 0.416 e. The summed E-state index contributed by atoms with van der Waals surface area (Å²) in [5.41, 5.74) is -0.241. The lowest BCUT2D eigenvalue weighted by Gasteiger charge is -2.28. The third-order valence-electron chi connectivity index (χ3n) is 4.61. The predicted octanol–water partition coefficient (Wildman–Crippen LogP) is 5.24. The van der Waals surface area contributed by atoms with Crippen molar-refractivity contribution in [1.82, 2.24) is 10.2 Å². The van der Waals surface area contributed by atoms with Gasteiger partial charge in [0.05, 0.1) is 5.56 Å². The lowest BCUT2D eigenvalue weighted by atomic mass is 9.98. The van der Waals surface area contributed by atoms with Crippen molar-refractivity contribution >= 4 is 12.0 Å². The molecule has 0 heterocycles. The Morgan fingerprint density at radius 3 is 2.19 bits per heavy atom. The molecule has 0 saturated heterocycles. The van der Waals surface area contributed by atoms with Gasteiger partial charge in [0.2, 0.25) is 5.91 Å². The Bertz CT molecular complexity index is 922. The molecule has 2 rings (SSSR count). The van der Waals surface area contributed by atoms with Crippen LogP contribution >= 0.6 is 0 Å². The number of hydrogen-bond donors (Lipinski definition) is 1. The van der Waals surface area contributed by atoms with Crippen molar-refractivity contribution in [3.05, 3.63) is 59.7 Å². The summed E-state index contributed by atoms with van der Waals surface area (Å²) < 4.78 is 45.6. The quantitative estimate of drug-likeness (QED) is 0.697. The molecule has 2 aromatic rings. The summed E-state index contributed by atoms with van der Waals surface area (Å²) in [6, 6.07) is 11.9. The molecule has 2 amide bonds. The summed E-state index contributed by atoms with van der Waals surface area (Å²) >= 11 is 0. The molecule has 0 fully saturated rings. The summed E-state index contributed by atoms with van der Waals surface area (Å²) in [6.07, 6.45) is -5.26. The first kappa shape index (κ1) is 24.2. The van der Waals surface area contributed by atoms with Crippen LogP contribution in [0.15, 0.2) is 48.5 Å². The van der Waals surface area contributed by atoms with Gasteiger partial charge < -0.3 is 10.1 Å². The molecule has 8 heteroatoms. The highest BCUT2D eigenvalue weighted by atomic mass is 19.4. The number of likely N-dealkylation sites (N-methyl/N-ethyl adjacent to an activating group) is 1. The lowest BCUT2D eigenvalue weighted by molar-refractivity contribution is -0.138. The molecule has 2 aromatic carbocycles. The number of hydrogen-bond acceptors (Lipinski definition) is 3. The fourth-order valence-electron chi connectivity index (χ4n) is 2.82. The van der Waals surface area contributed by atoms with Gasteiger partial charge in [-0.15, -0.1) is 0 Å². The van der Waals surface area contributed by atoms with Gasteiger partial charge in [-0.3, -0.25) is 9.69 Å². The highest BCUT2D eigenvalue weighted by molar-refractivity contribution is 5.85. The molecule has 0 radical (unpaired) electrons. The zero-order chi connectivity index (χ0) is 23.4. The van der Waals surface area contributed by atoms with Crippen molar-refractivity contribution < 1.29 is 27.5 Å². The van der Waals surface area contributed by atoms with Gasteiger partial charge in [0.15, 0.2) is 0 Å². The first-order valence-electron chi connectivity index (χ1n) is 9.78. The summed E-state index contributed by atoms with van der Waals surface area (Å²) in [4.78, 5) is 25.7. The summed E-state index contributed by atoms with van der Waals surface area (Å²) in [6.45, 7) is 6.23. The molecule has 0 saturated carbocycles. The van der Waals surface area contributed by atoms with Gasteiger partial charge in [-0.1, -0.05) is 36.4 Å². The summed E-state index contributed by atoms with van der Waals surface area (Å²) in [7, 11) is 1.40. The second-order valence-electron chi connectivity index (χ2n) is 8.22. The topological polar surface area (TPSA) is 58.6 Å². The second-order valence-corrected chi connectivity index (χ2v) is 8.22. The highest BCUT2D eigenvalue weighted by Gasteiger charge is 2.34. The van der Waals surface area contributed by atoms with Gasteiger partial charge in [-0.05, 0) is 56.5 Å². The summed E-state index contributed by atoms with van der Waals surface area (Å²) in [5, 5.41) is 2.50. The minimum absolute atomic E-state index is 0.0608.